The van der Waals surface area contributed by atoms with Gasteiger partial charge in [-0.25, -0.2) is 13.2 Å². The van der Waals surface area contributed by atoms with Gasteiger partial charge in [0.05, 0.1) is 5.56 Å². The number of nitrogens with one attached hydrogen (secondary N) is 2. The first-order chi connectivity index (χ1) is 11.4. The monoisotopic (exact) mass is 338 g/mol. The molecule has 0 radical (unpaired) electrons. The first-order valence-electron chi connectivity index (χ1n) is 6.85. The summed E-state index contributed by atoms with van der Waals surface area (Å²) in [4.78, 5) is 23.5. The van der Waals surface area contributed by atoms with E-state index >= 15 is 0 Å². The van der Waals surface area contributed by atoms with Crippen molar-refractivity contribution in [3.05, 3.63) is 65.5 Å². The molecule has 2 rings (SSSR count). The van der Waals surface area contributed by atoms with E-state index in [-0.39, 0.29) is 5.75 Å². The Bertz CT molecular complexity index is 768. The van der Waals surface area contributed by atoms with Crippen LogP contribution < -0.4 is 15.6 Å². The third kappa shape index (κ3) is 4.25. The zero-order valence-corrected chi connectivity index (χ0v) is 12.5. The van der Waals surface area contributed by atoms with Crippen LogP contribution in [0, 0.1) is 17.5 Å². The minimum atomic E-state index is -1.12. The molecule has 0 aliphatic rings. The number of benzene rings is 2. The molecule has 2 aromatic carbocycles. The number of hydrazine groups is 1. The summed E-state index contributed by atoms with van der Waals surface area (Å²) in [7, 11) is 0. The summed E-state index contributed by atoms with van der Waals surface area (Å²) in [5.74, 6) is -4.43. The Morgan fingerprint density at radius 3 is 2.38 bits per heavy atom. The molecule has 0 bridgehead atoms. The molecule has 0 fully saturated rings. The van der Waals surface area contributed by atoms with Gasteiger partial charge >= 0.3 is 0 Å². The number of carbonyl (C=O) groups is 2. The lowest BCUT2D eigenvalue weighted by molar-refractivity contribution is -0.128. The van der Waals surface area contributed by atoms with Crippen LogP contribution in [-0.2, 0) is 4.79 Å². The second kappa shape index (κ2) is 7.49. The van der Waals surface area contributed by atoms with Crippen LogP contribution in [0.4, 0.5) is 13.2 Å². The number of ether oxygens (including phenoxy) is 1. The minimum absolute atomic E-state index is 0.129. The number of halogens is 3. The van der Waals surface area contributed by atoms with Crippen molar-refractivity contribution in [3.8, 4) is 5.75 Å². The lowest BCUT2D eigenvalue weighted by Crippen LogP contribution is -2.47. The third-order valence-corrected chi connectivity index (χ3v) is 2.98. The average molecular weight is 338 g/mol. The maximum absolute atomic E-state index is 13.4. The summed E-state index contributed by atoms with van der Waals surface area (Å²) in [6.07, 6.45) is -1.12. The number of hydrogen-bond acceptors (Lipinski definition) is 3. The Balaban J connectivity index is 1.92. The second-order valence-corrected chi connectivity index (χ2v) is 4.76. The molecule has 2 N–H and O–H groups in total. The van der Waals surface area contributed by atoms with Crippen LogP contribution in [0.15, 0.2) is 42.5 Å². The van der Waals surface area contributed by atoms with E-state index in [4.69, 9.17) is 4.74 Å². The molecule has 0 aromatic heterocycles. The highest BCUT2D eigenvalue weighted by Crippen LogP contribution is 2.17. The number of hydrogen-bond donors (Lipinski definition) is 2. The lowest BCUT2D eigenvalue weighted by Gasteiger charge is -2.15. The van der Waals surface area contributed by atoms with Gasteiger partial charge in [0.1, 0.15) is 11.6 Å². The molecule has 0 unspecified atom stereocenters. The Kier molecular flexibility index (Phi) is 5.41. The average Bonchev–Trinajstić information content (AvgIpc) is 2.54. The van der Waals surface area contributed by atoms with E-state index in [1.165, 1.54) is 31.2 Å². The van der Waals surface area contributed by atoms with Crippen molar-refractivity contribution < 1.29 is 27.5 Å². The topological polar surface area (TPSA) is 67.4 Å². The third-order valence-electron chi connectivity index (χ3n) is 2.98. The Morgan fingerprint density at radius 1 is 1.00 bits per heavy atom. The van der Waals surface area contributed by atoms with Gasteiger partial charge in [-0.2, -0.15) is 0 Å². The number of amides is 2. The summed E-state index contributed by atoms with van der Waals surface area (Å²) in [5, 5.41) is 0. The molecule has 5 nitrogen and oxygen atoms in total. The fourth-order valence-corrected chi connectivity index (χ4v) is 1.75. The van der Waals surface area contributed by atoms with E-state index in [1.54, 1.807) is 0 Å². The molecule has 0 saturated carbocycles. The normalized spacial score (nSPS) is 11.5. The van der Waals surface area contributed by atoms with E-state index in [0.717, 1.165) is 12.1 Å². The van der Waals surface area contributed by atoms with E-state index in [9.17, 15) is 22.8 Å². The van der Waals surface area contributed by atoms with Gasteiger partial charge in [-0.3, -0.25) is 20.4 Å². The van der Waals surface area contributed by atoms with E-state index in [1.807, 2.05) is 10.9 Å². The van der Waals surface area contributed by atoms with Gasteiger partial charge in [0.25, 0.3) is 11.8 Å². The molecule has 0 aliphatic carbocycles. The molecule has 126 valence electrons. The van der Waals surface area contributed by atoms with Gasteiger partial charge in [-0.15, -0.1) is 0 Å². The molecule has 8 heteroatoms. The molecule has 0 spiro atoms. The van der Waals surface area contributed by atoms with E-state index in [0.29, 0.717) is 6.07 Å². The highest BCUT2D eigenvalue weighted by molar-refractivity contribution is 5.96. The van der Waals surface area contributed by atoms with Gasteiger partial charge in [0, 0.05) is 6.07 Å². The van der Waals surface area contributed by atoms with Crippen LogP contribution >= 0.6 is 0 Å². The first-order valence-corrected chi connectivity index (χ1v) is 6.85. The molecule has 2 aromatic rings. The predicted octanol–water partition coefficient (Wildman–Crippen LogP) is 2.33. The van der Waals surface area contributed by atoms with Gasteiger partial charge < -0.3 is 4.74 Å². The summed E-state index contributed by atoms with van der Waals surface area (Å²) in [6, 6.07) is 7.88. The molecular weight excluding hydrogens is 325 g/mol. The summed E-state index contributed by atoms with van der Waals surface area (Å²) < 4.78 is 44.8. The second-order valence-electron chi connectivity index (χ2n) is 4.76. The lowest BCUT2D eigenvalue weighted by atomic mass is 10.2. The van der Waals surface area contributed by atoms with E-state index < -0.39 is 40.9 Å². The first kappa shape index (κ1) is 17.3. The van der Waals surface area contributed by atoms with Gasteiger partial charge in [0.2, 0.25) is 0 Å². The number of carbonyl (C=O) groups excluding carboxylic acids is 2. The van der Waals surface area contributed by atoms with Crippen LogP contribution in [0.1, 0.15) is 17.3 Å². The maximum Gasteiger partial charge on any atom is 0.279 e. The predicted molar refractivity (Wildman–Crippen MR) is 78.5 cm³/mol. The molecule has 1 atom stereocenters. The van der Waals surface area contributed by atoms with Crippen LogP contribution in [0.25, 0.3) is 0 Å². The Labute approximate surface area is 135 Å². The zero-order valence-electron chi connectivity index (χ0n) is 12.5. The molecule has 0 heterocycles. The van der Waals surface area contributed by atoms with E-state index in [2.05, 4.69) is 0 Å². The van der Waals surface area contributed by atoms with Crippen molar-refractivity contribution in [1.29, 1.82) is 0 Å². The quantitative estimate of drug-likeness (QED) is 0.841. The van der Waals surface area contributed by atoms with Crippen LogP contribution in [0.3, 0.4) is 0 Å². The van der Waals surface area contributed by atoms with Crippen molar-refractivity contribution in [2.45, 2.75) is 13.0 Å². The molecule has 0 saturated heterocycles. The minimum Gasteiger partial charge on any atom is -0.478 e. The van der Waals surface area contributed by atoms with Crippen molar-refractivity contribution >= 4 is 11.8 Å². The number of para-hydroxylation sites is 1. The Morgan fingerprint density at radius 2 is 1.71 bits per heavy atom. The highest BCUT2D eigenvalue weighted by Gasteiger charge is 2.18. The highest BCUT2D eigenvalue weighted by atomic mass is 19.1. The van der Waals surface area contributed by atoms with Crippen LogP contribution in [0.2, 0.25) is 0 Å². The van der Waals surface area contributed by atoms with Crippen LogP contribution in [-0.4, -0.2) is 17.9 Å². The van der Waals surface area contributed by atoms with Gasteiger partial charge in [-0.1, -0.05) is 12.1 Å². The number of rotatable bonds is 4. The Hall–Kier alpha value is -3.03. The molecule has 0 aliphatic heterocycles. The van der Waals surface area contributed by atoms with Gasteiger partial charge in [-0.05, 0) is 31.2 Å². The molecule has 2 amide bonds. The smallest absolute Gasteiger partial charge is 0.279 e. The SMILES string of the molecule is C[C@H](Oc1ccccc1F)C(=O)NNC(=O)c1ccc(F)cc1F. The summed E-state index contributed by atoms with van der Waals surface area (Å²) >= 11 is 0. The molecule has 24 heavy (non-hydrogen) atoms. The van der Waals surface area contributed by atoms with Crippen molar-refractivity contribution in [2.75, 3.05) is 0 Å². The summed E-state index contributed by atoms with van der Waals surface area (Å²) in [5.41, 5.74) is 3.54. The molecular formula is C16H13F3N2O3. The summed E-state index contributed by atoms with van der Waals surface area (Å²) in [6.45, 7) is 1.34. The fourth-order valence-electron chi connectivity index (χ4n) is 1.75. The van der Waals surface area contributed by atoms with Crippen molar-refractivity contribution in [2.24, 2.45) is 0 Å². The maximum atomic E-state index is 13.4. The zero-order chi connectivity index (χ0) is 17.7. The van der Waals surface area contributed by atoms with Crippen LogP contribution in [0.5, 0.6) is 5.75 Å². The van der Waals surface area contributed by atoms with Crippen molar-refractivity contribution in [3.63, 3.8) is 0 Å². The largest absolute Gasteiger partial charge is 0.478 e. The van der Waals surface area contributed by atoms with Crippen molar-refractivity contribution in [1.82, 2.24) is 10.9 Å². The standard InChI is InChI=1S/C16H13F3N2O3/c1-9(24-14-5-3-2-4-12(14)18)15(22)20-21-16(23)11-7-6-10(17)8-13(11)19/h2-9H,1H3,(H,20,22)(H,21,23)/t9-/m0/s1. The fraction of sp³-hybridized carbons (Fsp3) is 0.125. The van der Waals surface area contributed by atoms with Gasteiger partial charge in [0.15, 0.2) is 17.7 Å².